The van der Waals surface area contributed by atoms with Gasteiger partial charge in [-0.1, -0.05) is 0 Å². The van der Waals surface area contributed by atoms with Crippen LogP contribution < -0.4 is 5.32 Å². The van der Waals surface area contributed by atoms with Gasteiger partial charge in [0.15, 0.2) is 0 Å². The van der Waals surface area contributed by atoms with Crippen molar-refractivity contribution in [3.8, 4) is 0 Å². The summed E-state index contributed by atoms with van der Waals surface area (Å²) in [6.07, 6.45) is -2.25. The van der Waals surface area contributed by atoms with Crippen LogP contribution in [0.4, 0.5) is 13.2 Å². The van der Waals surface area contributed by atoms with E-state index in [-0.39, 0.29) is 5.56 Å². The third kappa shape index (κ3) is 3.37. The van der Waals surface area contributed by atoms with E-state index in [0.29, 0.717) is 16.0 Å². The number of halogens is 4. The zero-order chi connectivity index (χ0) is 13.3. The maximum absolute atomic E-state index is 12.6. The van der Waals surface area contributed by atoms with E-state index in [1.165, 1.54) is 6.07 Å². The lowest BCUT2D eigenvalue weighted by Gasteiger charge is -2.10. The lowest BCUT2D eigenvalue weighted by molar-refractivity contribution is -0.137. The van der Waals surface area contributed by atoms with Crippen LogP contribution in [0.25, 0.3) is 0 Å². The van der Waals surface area contributed by atoms with Gasteiger partial charge in [-0.2, -0.15) is 13.2 Å². The molecule has 2 rings (SSSR count). The topological polar surface area (TPSA) is 29.1 Å². The van der Waals surface area contributed by atoms with Crippen LogP contribution >= 0.6 is 22.6 Å². The normalized spacial score (nSPS) is 15.6. The molecule has 0 radical (unpaired) electrons. The first-order chi connectivity index (χ1) is 8.38. The molecule has 1 saturated carbocycles. The highest BCUT2D eigenvalue weighted by Crippen LogP contribution is 2.31. The van der Waals surface area contributed by atoms with Crippen molar-refractivity contribution in [3.63, 3.8) is 0 Å². The zero-order valence-corrected chi connectivity index (χ0v) is 11.5. The van der Waals surface area contributed by atoms with Crippen LogP contribution in [0.15, 0.2) is 18.2 Å². The second-order valence-corrected chi connectivity index (χ2v) is 5.51. The highest BCUT2D eigenvalue weighted by molar-refractivity contribution is 14.1. The smallest absolute Gasteiger partial charge is 0.352 e. The van der Waals surface area contributed by atoms with E-state index in [0.717, 1.165) is 25.0 Å². The lowest BCUT2D eigenvalue weighted by atomic mass is 10.1. The van der Waals surface area contributed by atoms with Crippen molar-refractivity contribution < 1.29 is 18.0 Å². The van der Waals surface area contributed by atoms with E-state index in [1.807, 2.05) is 22.6 Å². The van der Waals surface area contributed by atoms with Crippen molar-refractivity contribution in [1.29, 1.82) is 0 Å². The molecular formula is C12H11F3INO. The predicted molar refractivity (Wildman–Crippen MR) is 69.2 cm³/mol. The average molecular weight is 369 g/mol. The van der Waals surface area contributed by atoms with Crippen LogP contribution in [0, 0.1) is 9.49 Å². The van der Waals surface area contributed by atoms with Gasteiger partial charge in [0.1, 0.15) is 0 Å². The first-order valence-electron chi connectivity index (χ1n) is 5.53. The van der Waals surface area contributed by atoms with E-state index >= 15 is 0 Å². The number of rotatable bonds is 3. The first-order valence-corrected chi connectivity index (χ1v) is 6.61. The molecule has 0 bridgehead atoms. The Balaban J connectivity index is 2.16. The fourth-order valence-electron chi connectivity index (χ4n) is 1.53. The third-order valence-electron chi connectivity index (χ3n) is 2.79. The summed E-state index contributed by atoms with van der Waals surface area (Å²) >= 11 is 1.86. The Bertz CT molecular complexity index is 469. The molecule has 1 aliphatic rings. The summed E-state index contributed by atoms with van der Waals surface area (Å²) in [6, 6.07) is 3.21. The summed E-state index contributed by atoms with van der Waals surface area (Å²) in [4.78, 5) is 11.8. The van der Waals surface area contributed by atoms with Gasteiger partial charge in [-0.25, -0.2) is 0 Å². The molecule has 1 aromatic carbocycles. The average Bonchev–Trinajstić information content (AvgIpc) is 3.08. The number of benzene rings is 1. The molecule has 1 aliphatic carbocycles. The van der Waals surface area contributed by atoms with Crippen LogP contribution in [0.1, 0.15) is 28.8 Å². The van der Waals surface area contributed by atoms with Crippen LogP contribution in [0.3, 0.4) is 0 Å². The largest absolute Gasteiger partial charge is 0.416 e. The zero-order valence-electron chi connectivity index (χ0n) is 9.35. The standard InChI is InChI=1S/C12H11F3INO/c13-12(14,15)8-3-4-10(16)9(5-8)11(18)17-6-7-1-2-7/h3-5,7H,1-2,6H2,(H,17,18). The van der Waals surface area contributed by atoms with E-state index in [1.54, 1.807) is 0 Å². The Hall–Kier alpha value is -0.790. The van der Waals surface area contributed by atoms with E-state index in [2.05, 4.69) is 5.32 Å². The highest BCUT2D eigenvalue weighted by Gasteiger charge is 2.31. The molecule has 0 unspecified atom stereocenters. The van der Waals surface area contributed by atoms with E-state index < -0.39 is 17.6 Å². The minimum absolute atomic E-state index is 0.0890. The predicted octanol–water partition coefficient (Wildman–Crippen LogP) is 3.45. The van der Waals surface area contributed by atoms with Crippen molar-refractivity contribution in [2.75, 3.05) is 6.54 Å². The van der Waals surface area contributed by atoms with Gasteiger partial charge in [0.25, 0.3) is 5.91 Å². The molecule has 1 fully saturated rings. The quantitative estimate of drug-likeness (QED) is 0.813. The lowest BCUT2D eigenvalue weighted by Crippen LogP contribution is -2.26. The minimum Gasteiger partial charge on any atom is -0.352 e. The van der Waals surface area contributed by atoms with Crippen molar-refractivity contribution in [1.82, 2.24) is 5.32 Å². The summed E-state index contributed by atoms with van der Waals surface area (Å²) in [5, 5.41) is 2.67. The molecular weight excluding hydrogens is 358 g/mol. The minimum atomic E-state index is -4.42. The summed E-state index contributed by atoms with van der Waals surface area (Å²) in [5.74, 6) is 0.0646. The Morgan fingerprint density at radius 1 is 1.39 bits per heavy atom. The molecule has 2 nitrogen and oxygen atoms in total. The van der Waals surface area contributed by atoms with Gasteiger partial charge in [-0.05, 0) is 59.5 Å². The molecule has 98 valence electrons. The monoisotopic (exact) mass is 369 g/mol. The molecule has 18 heavy (non-hydrogen) atoms. The molecule has 0 aromatic heterocycles. The van der Waals surface area contributed by atoms with Crippen molar-refractivity contribution in [3.05, 3.63) is 32.9 Å². The highest BCUT2D eigenvalue weighted by atomic mass is 127. The molecule has 1 amide bonds. The molecule has 0 heterocycles. The summed E-state index contributed by atoms with van der Waals surface area (Å²) < 4.78 is 38.2. The first kappa shape index (κ1) is 13.6. The van der Waals surface area contributed by atoms with Crippen LogP contribution in [-0.4, -0.2) is 12.5 Å². The Morgan fingerprint density at radius 2 is 2.06 bits per heavy atom. The van der Waals surface area contributed by atoms with Gasteiger partial charge in [0.05, 0.1) is 11.1 Å². The van der Waals surface area contributed by atoms with Crippen molar-refractivity contribution in [2.24, 2.45) is 5.92 Å². The maximum atomic E-state index is 12.6. The third-order valence-corrected chi connectivity index (χ3v) is 3.73. The van der Waals surface area contributed by atoms with Crippen molar-refractivity contribution in [2.45, 2.75) is 19.0 Å². The molecule has 0 atom stereocenters. The number of hydrogen-bond donors (Lipinski definition) is 1. The molecule has 0 saturated heterocycles. The number of carbonyl (C=O) groups excluding carboxylic acids is 1. The number of amides is 1. The SMILES string of the molecule is O=C(NCC1CC1)c1cc(C(F)(F)F)ccc1I. The number of nitrogens with one attached hydrogen (secondary N) is 1. The summed E-state index contributed by atoms with van der Waals surface area (Å²) in [7, 11) is 0. The Kier molecular flexibility index (Phi) is 3.84. The van der Waals surface area contributed by atoms with Crippen LogP contribution in [0.5, 0.6) is 0 Å². The number of carbonyl (C=O) groups is 1. The summed E-state index contributed by atoms with van der Waals surface area (Å²) in [6.45, 7) is 0.547. The Morgan fingerprint density at radius 3 is 2.61 bits per heavy atom. The van der Waals surface area contributed by atoms with Gasteiger partial charge in [-0.3, -0.25) is 4.79 Å². The van der Waals surface area contributed by atoms with Gasteiger partial charge < -0.3 is 5.32 Å². The van der Waals surface area contributed by atoms with Gasteiger partial charge in [0, 0.05) is 10.1 Å². The van der Waals surface area contributed by atoms with Crippen LogP contribution in [0.2, 0.25) is 0 Å². The fourth-order valence-corrected chi connectivity index (χ4v) is 2.11. The maximum Gasteiger partial charge on any atom is 0.416 e. The van der Waals surface area contributed by atoms with Gasteiger partial charge in [0.2, 0.25) is 0 Å². The molecule has 0 spiro atoms. The Labute approximate surface area is 116 Å². The second kappa shape index (κ2) is 5.07. The number of alkyl halides is 3. The van der Waals surface area contributed by atoms with E-state index in [9.17, 15) is 18.0 Å². The van der Waals surface area contributed by atoms with Gasteiger partial charge in [-0.15, -0.1) is 0 Å². The molecule has 1 N–H and O–H groups in total. The summed E-state index contributed by atoms with van der Waals surface area (Å²) in [5.41, 5.74) is -0.703. The molecule has 1 aromatic rings. The van der Waals surface area contributed by atoms with Crippen molar-refractivity contribution >= 4 is 28.5 Å². The van der Waals surface area contributed by atoms with E-state index in [4.69, 9.17) is 0 Å². The number of hydrogen-bond acceptors (Lipinski definition) is 1. The molecule has 6 heteroatoms. The second-order valence-electron chi connectivity index (χ2n) is 4.35. The van der Waals surface area contributed by atoms with Crippen LogP contribution in [-0.2, 0) is 6.18 Å². The van der Waals surface area contributed by atoms with Gasteiger partial charge >= 0.3 is 6.18 Å². The fraction of sp³-hybridized carbons (Fsp3) is 0.417. The molecule has 0 aliphatic heterocycles.